The summed E-state index contributed by atoms with van der Waals surface area (Å²) in [5.74, 6) is -0.249. The summed E-state index contributed by atoms with van der Waals surface area (Å²) in [5, 5.41) is 8.84. The Kier molecular flexibility index (Phi) is 2.38. The van der Waals surface area contributed by atoms with Gasteiger partial charge in [0.2, 0.25) is 0 Å². The fourth-order valence-corrected chi connectivity index (χ4v) is 1.05. The minimum absolute atomic E-state index is 0.249. The molecule has 1 aromatic rings. The second kappa shape index (κ2) is 3.18. The SMILES string of the molecule is Cc1ccc(C(C)(C)C#N)cc1F. The maximum absolute atomic E-state index is 13.1. The number of hydrogen-bond donors (Lipinski definition) is 0. The topological polar surface area (TPSA) is 23.8 Å². The number of aryl methyl sites for hydroxylation is 1. The third-order valence-corrected chi connectivity index (χ3v) is 2.17. The van der Waals surface area contributed by atoms with Gasteiger partial charge in [0.1, 0.15) is 5.82 Å². The first-order valence-corrected chi connectivity index (χ1v) is 4.15. The number of benzene rings is 1. The Hall–Kier alpha value is -1.36. The lowest BCUT2D eigenvalue weighted by atomic mass is 9.86. The second-order valence-corrected chi connectivity index (χ2v) is 3.70. The number of nitriles is 1. The summed E-state index contributed by atoms with van der Waals surface area (Å²) in [6, 6.07) is 7.06. The Morgan fingerprint density at radius 3 is 2.46 bits per heavy atom. The molecule has 0 aliphatic rings. The molecule has 0 radical (unpaired) electrons. The maximum Gasteiger partial charge on any atom is 0.126 e. The van der Waals surface area contributed by atoms with Gasteiger partial charge < -0.3 is 0 Å². The van der Waals surface area contributed by atoms with Crippen molar-refractivity contribution in [3.8, 4) is 6.07 Å². The summed E-state index contributed by atoms with van der Waals surface area (Å²) in [5.41, 5.74) is 0.713. The summed E-state index contributed by atoms with van der Waals surface area (Å²) in [6.45, 7) is 5.26. The van der Waals surface area contributed by atoms with Gasteiger partial charge in [0.25, 0.3) is 0 Å². The third-order valence-electron chi connectivity index (χ3n) is 2.17. The first-order chi connectivity index (χ1) is 5.97. The Morgan fingerprint density at radius 1 is 1.38 bits per heavy atom. The van der Waals surface area contributed by atoms with Crippen molar-refractivity contribution in [2.45, 2.75) is 26.2 Å². The van der Waals surface area contributed by atoms with Crippen LogP contribution in [0.3, 0.4) is 0 Å². The molecule has 0 aliphatic heterocycles. The fraction of sp³-hybridized carbons (Fsp3) is 0.364. The number of rotatable bonds is 1. The number of nitrogens with zero attached hydrogens (tertiary/aromatic N) is 1. The Bertz CT molecular complexity index is 361. The maximum atomic E-state index is 13.1. The van der Waals surface area contributed by atoms with Crippen LogP contribution in [0.1, 0.15) is 25.0 Å². The van der Waals surface area contributed by atoms with Crippen LogP contribution in [-0.2, 0) is 5.41 Å². The van der Waals surface area contributed by atoms with Gasteiger partial charge in [-0.2, -0.15) is 5.26 Å². The quantitative estimate of drug-likeness (QED) is 0.647. The largest absolute Gasteiger partial charge is 0.207 e. The van der Waals surface area contributed by atoms with Gasteiger partial charge in [0.05, 0.1) is 11.5 Å². The van der Waals surface area contributed by atoms with E-state index >= 15 is 0 Å². The molecule has 0 heterocycles. The monoisotopic (exact) mass is 177 g/mol. The number of halogens is 1. The molecule has 0 aliphatic carbocycles. The molecule has 0 spiro atoms. The zero-order chi connectivity index (χ0) is 10.1. The van der Waals surface area contributed by atoms with Gasteiger partial charge in [-0.3, -0.25) is 0 Å². The minimum Gasteiger partial charge on any atom is -0.207 e. The summed E-state index contributed by atoms with van der Waals surface area (Å²) in [6.07, 6.45) is 0. The molecule has 0 N–H and O–H groups in total. The van der Waals surface area contributed by atoms with Crippen LogP contribution in [0.4, 0.5) is 4.39 Å². The first-order valence-electron chi connectivity index (χ1n) is 4.15. The van der Waals surface area contributed by atoms with E-state index < -0.39 is 5.41 Å². The summed E-state index contributed by atoms with van der Waals surface area (Å²) >= 11 is 0. The van der Waals surface area contributed by atoms with Gasteiger partial charge in [-0.1, -0.05) is 12.1 Å². The highest BCUT2D eigenvalue weighted by atomic mass is 19.1. The summed E-state index contributed by atoms with van der Waals surface area (Å²) in [7, 11) is 0. The van der Waals surface area contributed by atoms with Crippen LogP contribution in [0.25, 0.3) is 0 Å². The molecule has 0 aromatic heterocycles. The van der Waals surface area contributed by atoms with Crippen LogP contribution in [0, 0.1) is 24.1 Å². The van der Waals surface area contributed by atoms with E-state index in [1.807, 2.05) is 0 Å². The average molecular weight is 177 g/mol. The molecular weight excluding hydrogens is 165 g/mol. The van der Waals surface area contributed by atoms with Gasteiger partial charge in [-0.05, 0) is 38.0 Å². The van der Waals surface area contributed by atoms with Crippen LogP contribution in [0.15, 0.2) is 18.2 Å². The number of hydrogen-bond acceptors (Lipinski definition) is 1. The van der Waals surface area contributed by atoms with Gasteiger partial charge in [-0.25, -0.2) is 4.39 Å². The molecular formula is C11H12FN. The van der Waals surface area contributed by atoms with Gasteiger partial charge >= 0.3 is 0 Å². The van der Waals surface area contributed by atoms with Gasteiger partial charge in [0, 0.05) is 0 Å². The van der Waals surface area contributed by atoms with Crippen LogP contribution < -0.4 is 0 Å². The van der Waals surface area contributed by atoms with Crippen molar-refractivity contribution in [1.29, 1.82) is 5.26 Å². The van der Waals surface area contributed by atoms with Crippen LogP contribution in [0.5, 0.6) is 0 Å². The van der Waals surface area contributed by atoms with E-state index in [1.165, 1.54) is 6.07 Å². The van der Waals surface area contributed by atoms with Gasteiger partial charge in [0.15, 0.2) is 0 Å². The minimum atomic E-state index is -0.617. The van der Waals surface area contributed by atoms with Crippen molar-refractivity contribution >= 4 is 0 Å². The zero-order valence-corrected chi connectivity index (χ0v) is 8.06. The molecule has 2 heteroatoms. The standard InChI is InChI=1S/C11H12FN/c1-8-4-5-9(6-10(8)12)11(2,3)7-13/h4-6H,1-3H3. The predicted molar refractivity (Wildman–Crippen MR) is 49.8 cm³/mol. The highest BCUT2D eigenvalue weighted by Gasteiger charge is 2.20. The third kappa shape index (κ3) is 1.86. The van der Waals surface area contributed by atoms with E-state index in [2.05, 4.69) is 6.07 Å². The zero-order valence-electron chi connectivity index (χ0n) is 8.06. The first kappa shape index (κ1) is 9.73. The molecule has 13 heavy (non-hydrogen) atoms. The van der Waals surface area contributed by atoms with E-state index in [-0.39, 0.29) is 5.82 Å². The van der Waals surface area contributed by atoms with E-state index in [1.54, 1.807) is 32.9 Å². The van der Waals surface area contributed by atoms with Gasteiger partial charge in [-0.15, -0.1) is 0 Å². The van der Waals surface area contributed by atoms with E-state index in [0.717, 1.165) is 5.56 Å². The Balaban J connectivity index is 3.20. The fourth-order valence-electron chi connectivity index (χ4n) is 1.05. The lowest BCUT2D eigenvalue weighted by Crippen LogP contribution is -2.14. The molecule has 0 saturated heterocycles. The Labute approximate surface area is 77.8 Å². The summed E-state index contributed by atoms with van der Waals surface area (Å²) in [4.78, 5) is 0. The van der Waals surface area contributed by atoms with Crippen molar-refractivity contribution in [3.63, 3.8) is 0 Å². The summed E-state index contributed by atoms with van der Waals surface area (Å²) < 4.78 is 13.1. The molecule has 68 valence electrons. The van der Waals surface area contributed by atoms with Crippen LogP contribution in [-0.4, -0.2) is 0 Å². The second-order valence-electron chi connectivity index (χ2n) is 3.70. The lowest BCUT2D eigenvalue weighted by molar-refractivity contribution is 0.604. The van der Waals surface area contributed by atoms with Crippen LogP contribution in [0.2, 0.25) is 0 Å². The molecule has 1 rings (SSSR count). The predicted octanol–water partition coefficient (Wildman–Crippen LogP) is 2.94. The molecule has 0 bridgehead atoms. The normalized spacial score (nSPS) is 11.0. The highest BCUT2D eigenvalue weighted by Crippen LogP contribution is 2.23. The van der Waals surface area contributed by atoms with E-state index in [4.69, 9.17) is 5.26 Å². The Morgan fingerprint density at radius 2 is 2.00 bits per heavy atom. The molecule has 1 aromatic carbocycles. The molecule has 0 saturated carbocycles. The smallest absolute Gasteiger partial charge is 0.126 e. The molecule has 1 nitrogen and oxygen atoms in total. The van der Waals surface area contributed by atoms with Crippen molar-refractivity contribution in [2.75, 3.05) is 0 Å². The van der Waals surface area contributed by atoms with E-state index in [9.17, 15) is 4.39 Å². The van der Waals surface area contributed by atoms with Crippen molar-refractivity contribution in [1.82, 2.24) is 0 Å². The lowest BCUT2D eigenvalue weighted by Gasteiger charge is -2.15. The molecule has 0 amide bonds. The highest BCUT2D eigenvalue weighted by molar-refractivity contribution is 5.33. The van der Waals surface area contributed by atoms with Crippen LogP contribution >= 0.6 is 0 Å². The van der Waals surface area contributed by atoms with Crippen molar-refractivity contribution in [2.24, 2.45) is 0 Å². The average Bonchev–Trinajstić information content (AvgIpc) is 2.09. The van der Waals surface area contributed by atoms with Crippen molar-refractivity contribution < 1.29 is 4.39 Å². The molecule has 0 fully saturated rings. The molecule has 0 unspecified atom stereocenters. The molecule has 0 atom stereocenters. The van der Waals surface area contributed by atoms with Crippen molar-refractivity contribution in [3.05, 3.63) is 35.1 Å². The van der Waals surface area contributed by atoms with E-state index in [0.29, 0.717) is 5.56 Å².